The summed E-state index contributed by atoms with van der Waals surface area (Å²) in [5.41, 5.74) is 1.72. The van der Waals surface area contributed by atoms with Crippen molar-refractivity contribution in [2.24, 2.45) is 0 Å². The molecule has 3 rings (SSSR count). The van der Waals surface area contributed by atoms with Gasteiger partial charge in [-0.05, 0) is 44.3 Å². The van der Waals surface area contributed by atoms with E-state index >= 15 is 0 Å². The van der Waals surface area contributed by atoms with E-state index in [2.05, 4.69) is 15.0 Å². The van der Waals surface area contributed by atoms with Crippen LogP contribution in [0.25, 0.3) is 10.2 Å². The Hall–Kier alpha value is -2.49. The molecule has 0 aliphatic rings. The van der Waals surface area contributed by atoms with Crippen molar-refractivity contribution in [3.05, 3.63) is 48.0 Å². The zero-order chi connectivity index (χ0) is 18.7. The van der Waals surface area contributed by atoms with E-state index in [1.165, 1.54) is 30.5 Å². The van der Waals surface area contributed by atoms with Crippen LogP contribution in [0.1, 0.15) is 5.56 Å². The van der Waals surface area contributed by atoms with E-state index in [1.807, 2.05) is 19.1 Å². The molecule has 1 heterocycles. The molecule has 1 amide bonds. The number of carbonyl (C=O) groups is 1. The van der Waals surface area contributed by atoms with Gasteiger partial charge < -0.3 is 4.74 Å². The maximum absolute atomic E-state index is 12.0. The first-order valence-corrected chi connectivity index (χ1v) is 10.0. The van der Waals surface area contributed by atoms with Crippen LogP contribution in [0.2, 0.25) is 0 Å². The molecule has 9 heteroatoms. The topological polar surface area (TPSA) is 97.4 Å². The number of aryl methyl sites for hydroxylation is 1. The molecular formula is C17H17N3O4S2. The Labute approximate surface area is 155 Å². The lowest BCUT2D eigenvalue weighted by Crippen LogP contribution is -2.19. The van der Waals surface area contributed by atoms with Gasteiger partial charge >= 0.3 is 0 Å². The number of sulfonamides is 1. The van der Waals surface area contributed by atoms with Crippen molar-refractivity contribution in [1.29, 1.82) is 0 Å². The Bertz CT molecular complexity index is 1040. The molecule has 1 aromatic heterocycles. The highest BCUT2D eigenvalue weighted by Gasteiger charge is 2.14. The van der Waals surface area contributed by atoms with Gasteiger partial charge in [0.1, 0.15) is 5.75 Å². The van der Waals surface area contributed by atoms with Crippen LogP contribution in [0.4, 0.5) is 5.13 Å². The summed E-state index contributed by atoms with van der Waals surface area (Å²) in [6.07, 6.45) is 0. The molecular weight excluding hydrogens is 374 g/mol. The van der Waals surface area contributed by atoms with Crippen LogP contribution in [0, 0.1) is 6.92 Å². The molecule has 0 spiro atoms. The van der Waals surface area contributed by atoms with Crippen molar-refractivity contribution in [3.8, 4) is 5.75 Å². The van der Waals surface area contributed by atoms with Gasteiger partial charge in [0.15, 0.2) is 11.7 Å². The SMILES string of the molecule is CNS(=O)(=O)c1ccc2nc(NC(=O)COc3ccc(C)cc3)sc2c1. The zero-order valence-electron chi connectivity index (χ0n) is 14.1. The van der Waals surface area contributed by atoms with E-state index in [9.17, 15) is 13.2 Å². The smallest absolute Gasteiger partial charge is 0.264 e. The Balaban J connectivity index is 1.68. The summed E-state index contributed by atoms with van der Waals surface area (Å²) in [5, 5.41) is 3.05. The predicted molar refractivity (Wildman–Crippen MR) is 101 cm³/mol. The minimum absolute atomic E-state index is 0.141. The molecule has 26 heavy (non-hydrogen) atoms. The van der Waals surface area contributed by atoms with Gasteiger partial charge in [-0.15, -0.1) is 0 Å². The summed E-state index contributed by atoms with van der Waals surface area (Å²) < 4.78 is 32.1. The first kappa shape index (κ1) is 18.3. The van der Waals surface area contributed by atoms with E-state index in [-0.39, 0.29) is 17.4 Å². The third-order valence-corrected chi connectivity index (χ3v) is 5.92. The largest absolute Gasteiger partial charge is 0.484 e. The van der Waals surface area contributed by atoms with Crippen molar-refractivity contribution in [2.45, 2.75) is 11.8 Å². The van der Waals surface area contributed by atoms with Gasteiger partial charge in [-0.3, -0.25) is 10.1 Å². The minimum Gasteiger partial charge on any atom is -0.484 e. The molecule has 0 bridgehead atoms. The first-order valence-electron chi connectivity index (χ1n) is 7.71. The Morgan fingerprint density at radius 2 is 1.92 bits per heavy atom. The highest BCUT2D eigenvalue weighted by Crippen LogP contribution is 2.28. The molecule has 0 unspecified atom stereocenters. The maximum Gasteiger partial charge on any atom is 0.264 e. The van der Waals surface area contributed by atoms with Crippen molar-refractivity contribution >= 4 is 42.6 Å². The van der Waals surface area contributed by atoms with Crippen LogP contribution in [0.3, 0.4) is 0 Å². The molecule has 7 nitrogen and oxygen atoms in total. The van der Waals surface area contributed by atoms with Gasteiger partial charge in [0.25, 0.3) is 5.91 Å². The average Bonchev–Trinajstić information content (AvgIpc) is 3.02. The monoisotopic (exact) mass is 391 g/mol. The fraction of sp³-hybridized carbons (Fsp3) is 0.176. The standard InChI is InChI=1S/C17H17N3O4S2/c1-11-3-5-12(6-4-11)24-10-16(21)20-17-19-14-8-7-13(9-15(14)25-17)26(22,23)18-2/h3-9,18H,10H2,1-2H3,(H,19,20,21). The van der Waals surface area contributed by atoms with E-state index in [1.54, 1.807) is 18.2 Å². The molecule has 0 saturated heterocycles. The third-order valence-electron chi connectivity index (χ3n) is 3.58. The number of benzene rings is 2. The number of fused-ring (bicyclic) bond motifs is 1. The van der Waals surface area contributed by atoms with Gasteiger partial charge in [0.2, 0.25) is 10.0 Å². The third kappa shape index (κ3) is 4.18. The zero-order valence-corrected chi connectivity index (χ0v) is 15.8. The quantitative estimate of drug-likeness (QED) is 0.673. The van der Waals surface area contributed by atoms with Crippen LogP contribution >= 0.6 is 11.3 Å². The molecule has 2 aromatic carbocycles. The van der Waals surface area contributed by atoms with Crippen molar-refractivity contribution < 1.29 is 17.9 Å². The van der Waals surface area contributed by atoms with Gasteiger partial charge in [-0.2, -0.15) is 0 Å². The molecule has 3 aromatic rings. The maximum atomic E-state index is 12.0. The molecule has 2 N–H and O–H groups in total. The average molecular weight is 391 g/mol. The second kappa shape index (κ2) is 7.40. The van der Waals surface area contributed by atoms with Crippen molar-refractivity contribution in [1.82, 2.24) is 9.71 Å². The summed E-state index contributed by atoms with van der Waals surface area (Å²) in [4.78, 5) is 16.5. The summed E-state index contributed by atoms with van der Waals surface area (Å²) in [6, 6.07) is 12.0. The minimum atomic E-state index is -3.52. The number of nitrogens with one attached hydrogen (secondary N) is 2. The highest BCUT2D eigenvalue weighted by atomic mass is 32.2. The second-order valence-electron chi connectivity index (χ2n) is 5.51. The fourth-order valence-electron chi connectivity index (χ4n) is 2.18. The van der Waals surface area contributed by atoms with E-state index in [0.717, 1.165) is 5.56 Å². The Kier molecular flexibility index (Phi) is 5.21. The predicted octanol–water partition coefficient (Wildman–Crippen LogP) is 2.53. The first-order chi connectivity index (χ1) is 12.4. The van der Waals surface area contributed by atoms with Crippen LogP contribution < -0.4 is 14.8 Å². The van der Waals surface area contributed by atoms with Gasteiger partial charge in [-0.1, -0.05) is 29.0 Å². The molecule has 136 valence electrons. The lowest BCUT2D eigenvalue weighted by molar-refractivity contribution is -0.118. The Morgan fingerprint density at radius 1 is 1.19 bits per heavy atom. The number of ether oxygens (including phenoxy) is 1. The molecule has 0 saturated carbocycles. The Morgan fingerprint density at radius 3 is 2.62 bits per heavy atom. The number of rotatable bonds is 6. The van der Waals surface area contributed by atoms with E-state index < -0.39 is 10.0 Å². The van der Waals surface area contributed by atoms with Crippen LogP contribution in [0.15, 0.2) is 47.4 Å². The molecule has 0 radical (unpaired) electrons. The number of thiazole rings is 1. The fourth-order valence-corrected chi connectivity index (χ4v) is 3.93. The van der Waals surface area contributed by atoms with Gasteiger partial charge in [-0.25, -0.2) is 18.1 Å². The highest BCUT2D eigenvalue weighted by molar-refractivity contribution is 7.89. The number of anilines is 1. The summed E-state index contributed by atoms with van der Waals surface area (Å²) in [5.74, 6) is 0.268. The van der Waals surface area contributed by atoms with E-state index in [0.29, 0.717) is 21.1 Å². The molecule has 0 atom stereocenters. The van der Waals surface area contributed by atoms with Crippen LogP contribution in [-0.4, -0.2) is 33.0 Å². The summed E-state index contributed by atoms with van der Waals surface area (Å²) >= 11 is 1.20. The van der Waals surface area contributed by atoms with Crippen LogP contribution in [0.5, 0.6) is 5.75 Å². The molecule has 0 aliphatic carbocycles. The molecule has 0 aliphatic heterocycles. The van der Waals surface area contributed by atoms with Gasteiger partial charge in [0, 0.05) is 0 Å². The van der Waals surface area contributed by atoms with E-state index in [4.69, 9.17) is 4.74 Å². The lowest BCUT2D eigenvalue weighted by Gasteiger charge is -2.05. The number of hydrogen-bond acceptors (Lipinski definition) is 6. The summed E-state index contributed by atoms with van der Waals surface area (Å²) in [7, 11) is -2.17. The summed E-state index contributed by atoms with van der Waals surface area (Å²) in [6.45, 7) is 1.83. The normalized spacial score (nSPS) is 11.5. The number of nitrogens with zero attached hydrogens (tertiary/aromatic N) is 1. The molecule has 0 fully saturated rings. The van der Waals surface area contributed by atoms with Crippen LogP contribution in [-0.2, 0) is 14.8 Å². The van der Waals surface area contributed by atoms with Gasteiger partial charge in [0.05, 0.1) is 15.1 Å². The number of hydrogen-bond donors (Lipinski definition) is 2. The second-order valence-corrected chi connectivity index (χ2v) is 8.42. The lowest BCUT2D eigenvalue weighted by atomic mass is 10.2. The number of carbonyl (C=O) groups excluding carboxylic acids is 1. The number of amides is 1. The number of aromatic nitrogens is 1. The van der Waals surface area contributed by atoms with Crippen molar-refractivity contribution in [2.75, 3.05) is 19.0 Å². The van der Waals surface area contributed by atoms with Crippen molar-refractivity contribution in [3.63, 3.8) is 0 Å².